The van der Waals surface area contributed by atoms with Gasteiger partial charge in [0.05, 0.1) is 25.4 Å². The van der Waals surface area contributed by atoms with Crippen LogP contribution >= 0.6 is 0 Å². The fourth-order valence-electron chi connectivity index (χ4n) is 2.91. The molecule has 0 radical (unpaired) electrons. The molecule has 112 valence electrons. The molecule has 1 aliphatic heterocycles. The smallest absolute Gasteiger partial charge is 0.0894 e. The summed E-state index contributed by atoms with van der Waals surface area (Å²) < 4.78 is 11.0. The molecule has 1 aromatic rings. The number of nitrogens with two attached hydrogens (primary N) is 1. The molecular formula is C16H26N2O2. The summed E-state index contributed by atoms with van der Waals surface area (Å²) in [6.07, 6.45) is 0.0689. The monoisotopic (exact) mass is 278 g/mol. The van der Waals surface area contributed by atoms with Crippen molar-refractivity contribution in [1.82, 2.24) is 4.90 Å². The van der Waals surface area contributed by atoms with E-state index in [4.69, 9.17) is 15.2 Å². The van der Waals surface area contributed by atoms with Crippen LogP contribution in [0.5, 0.6) is 0 Å². The van der Waals surface area contributed by atoms with Gasteiger partial charge in [-0.2, -0.15) is 0 Å². The Labute approximate surface area is 121 Å². The molecule has 0 spiro atoms. The summed E-state index contributed by atoms with van der Waals surface area (Å²) in [5.41, 5.74) is 8.36. The molecule has 0 aliphatic carbocycles. The SMILES string of the molecule is COCc1ccc(C2C(CN)OCCN2C(C)C)cc1. The largest absolute Gasteiger partial charge is 0.380 e. The molecule has 0 aromatic heterocycles. The molecule has 4 heteroatoms. The molecule has 0 saturated carbocycles. The van der Waals surface area contributed by atoms with Crippen LogP contribution in [-0.4, -0.2) is 43.9 Å². The molecule has 2 unspecified atom stereocenters. The van der Waals surface area contributed by atoms with Gasteiger partial charge < -0.3 is 15.2 Å². The molecule has 2 atom stereocenters. The van der Waals surface area contributed by atoms with Crippen LogP contribution in [0.2, 0.25) is 0 Å². The highest BCUT2D eigenvalue weighted by atomic mass is 16.5. The summed E-state index contributed by atoms with van der Waals surface area (Å²) >= 11 is 0. The van der Waals surface area contributed by atoms with Crippen LogP contribution in [0.15, 0.2) is 24.3 Å². The van der Waals surface area contributed by atoms with Crippen LogP contribution in [-0.2, 0) is 16.1 Å². The van der Waals surface area contributed by atoms with Gasteiger partial charge in [-0.3, -0.25) is 4.90 Å². The average Bonchev–Trinajstić information content (AvgIpc) is 2.47. The maximum absolute atomic E-state index is 5.90. The van der Waals surface area contributed by atoms with Gasteiger partial charge in [0.25, 0.3) is 0 Å². The normalized spacial score (nSPS) is 24.2. The lowest BCUT2D eigenvalue weighted by molar-refractivity contribution is -0.0789. The first-order chi connectivity index (χ1) is 9.67. The van der Waals surface area contributed by atoms with E-state index >= 15 is 0 Å². The molecule has 20 heavy (non-hydrogen) atoms. The van der Waals surface area contributed by atoms with E-state index in [2.05, 4.69) is 43.0 Å². The van der Waals surface area contributed by atoms with E-state index in [-0.39, 0.29) is 12.1 Å². The molecule has 2 rings (SSSR count). The van der Waals surface area contributed by atoms with Gasteiger partial charge in [0.15, 0.2) is 0 Å². The molecule has 1 fully saturated rings. The second-order valence-corrected chi connectivity index (χ2v) is 5.60. The van der Waals surface area contributed by atoms with Crippen molar-refractivity contribution < 1.29 is 9.47 Å². The lowest BCUT2D eigenvalue weighted by Gasteiger charge is -2.43. The molecule has 0 amide bonds. The maximum atomic E-state index is 5.90. The Morgan fingerprint density at radius 3 is 2.60 bits per heavy atom. The third-order valence-corrected chi connectivity index (χ3v) is 3.92. The fraction of sp³-hybridized carbons (Fsp3) is 0.625. The van der Waals surface area contributed by atoms with Gasteiger partial charge in [-0.25, -0.2) is 0 Å². The van der Waals surface area contributed by atoms with Gasteiger partial charge in [-0.05, 0) is 25.0 Å². The lowest BCUT2D eigenvalue weighted by atomic mass is 9.96. The van der Waals surface area contributed by atoms with E-state index in [1.165, 1.54) is 11.1 Å². The van der Waals surface area contributed by atoms with Gasteiger partial charge in [0, 0.05) is 26.2 Å². The zero-order valence-corrected chi connectivity index (χ0v) is 12.7. The average molecular weight is 278 g/mol. The molecule has 1 aliphatic rings. The van der Waals surface area contributed by atoms with Crippen molar-refractivity contribution in [3.8, 4) is 0 Å². The van der Waals surface area contributed by atoms with Crippen molar-refractivity contribution >= 4 is 0 Å². The minimum Gasteiger partial charge on any atom is -0.380 e. The van der Waals surface area contributed by atoms with E-state index in [1.807, 2.05) is 0 Å². The van der Waals surface area contributed by atoms with Gasteiger partial charge in [-0.15, -0.1) is 0 Å². The van der Waals surface area contributed by atoms with Crippen LogP contribution < -0.4 is 5.73 Å². The molecule has 0 bridgehead atoms. The first kappa shape index (κ1) is 15.4. The quantitative estimate of drug-likeness (QED) is 0.894. The summed E-state index contributed by atoms with van der Waals surface area (Å²) in [6.45, 7) is 7.37. The molecular weight excluding hydrogens is 252 g/mol. The van der Waals surface area contributed by atoms with E-state index in [9.17, 15) is 0 Å². The predicted molar refractivity (Wildman–Crippen MR) is 80.5 cm³/mol. The van der Waals surface area contributed by atoms with Crippen LogP contribution in [0.3, 0.4) is 0 Å². The first-order valence-corrected chi connectivity index (χ1v) is 7.32. The molecule has 4 nitrogen and oxygen atoms in total. The van der Waals surface area contributed by atoms with Crippen molar-refractivity contribution in [2.75, 3.05) is 26.8 Å². The van der Waals surface area contributed by atoms with Crippen LogP contribution in [0.25, 0.3) is 0 Å². The number of morpholine rings is 1. The third kappa shape index (κ3) is 3.38. The lowest BCUT2D eigenvalue weighted by Crippen LogP contribution is -2.50. The molecule has 1 saturated heterocycles. The van der Waals surface area contributed by atoms with Crippen LogP contribution in [0.1, 0.15) is 31.0 Å². The number of benzene rings is 1. The molecule has 2 N–H and O–H groups in total. The summed E-state index contributed by atoms with van der Waals surface area (Å²) in [4.78, 5) is 2.48. The fourth-order valence-corrected chi connectivity index (χ4v) is 2.91. The molecule has 1 heterocycles. The first-order valence-electron chi connectivity index (χ1n) is 7.32. The number of ether oxygens (including phenoxy) is 2. The second-order valence-electron chi connectivity index (χ2n) is 5.60. The summed E-state index contributed by atoms with van der Waals surface area (Å²) in [6, 6.07) is 9.32. The second kappa shape index (κ2) is 7.18. The minimum absolute atomic E-state index is 0.0689. The van der Waals surface area contributed by atoms with E-state index in [0.717, 1.165) is 13.2 Å². The number of methoxy groups -OCH3 is 1. The van der Waals surface area contributed by atoms with Gasteiger partial charge in [0.2, 0.25) is 0 Å². The Kier molecular flexibility index (Phi) is 5.54. The predicted octanol–water partition coefficient (Wildman–Crippen LogP) is 1.94. The highest BCUT2D eigenvalue weighted by Gasteiger charge is 2.33. The van der Waals surface area contributed by atoms with Crippen molar-refractivity contribution in [2.45, 2.75) is 38.6 Å². The maximum Gasteiger partial charge on any atom is 0.0894 e. The number of rotatable bonds is 5. The van der Waals surface area contributed by atoms with Crippen LogP contribution in [0, 0.1) is 0 Å². The Balaban J connectivity index is 2.23. The van der Waals surface area contributed by atoms with Crippen molar-refractivity contribution in [3.05, 3.63) is 35.4 Å². The standard InChI is InChI=1S/C16H26N2O2/c1-12(2)18-8-9-20-15(10-17)16(18)14-6-4-13(5-7-14)11-19-3/h4-7,12,15-16H,8-11,17H2,1-3H3. The summed E-state index contributed by atoms with van der Waals surface area (Å²) in [5, 5.41) is 0. The minimum atomic E-state index is 0.0689. The van der Waals surface area contributed by atoms with Gasteiger partial charge in [-0.1, -0.05) is 24.3 Å². The van der Waals surface area contributed by atoms with E-state index < -0.39 is 0 Å². The Morgan fingerprint density at radius 2 is 2.05 bits per heavy atom. The third-order valence-electron chi connectivity index (χ3n) is 3.92. The van der Waals surface area contributed by atoms with Crippen molar-refractivity contribution in [1.29, 1.82) is 0 Å². The summed E-state index contributed by atoms with van der Waals surface area (Å²) in [5.74, 6) is 0. The Morgan fingerprint density at radius 1 is 1.35 bits per heavy atom. The van der Waals surface area contributed by atoms with Gasteiger partial charge >= 0.3 is 0 Å². The number of hydrogen-bond acceptors (Lipinski definition) is 4. The topological polar surface area (TPSA) is 47.7 Å². The van der Waals surface area contributed by atoms with Crippen LogP contribution in [0.4, 0.5) is 0 Å². The Hall–Kier alpha value is -0.940. The zero-order chi connectivity index (χ0) is 14.5. The van der Waals surface area contributed by atoms with E-state index in [0.29, 0.717) is 19.2 Å². The van der Waals surface area contributed by atoms with Crippen molar-refractivity contribution in [3.63, 3.8) is 0 Å². The zero-order valence-electron chi connectivity index (χ0n) is 12.7. The summed E-state index contributed by atoms with van der Waals surface area (Å²) in [7, 11) is 1.72. The molecule has 1 aromatic carbocycles. The highest BCUT2D eigenvalue weighted by Crippen LogP contribution is 2.31. The number of hydrogen-bond donors (Lipinski definition) is 1. The Bertz CT molecular complexity index is 405. The van der Waals surface area contributed by atoms with Crippen molar-refractivity contribution in [2.24, 2.45) is 5.73 Å². The highest BCUT2D eigenvalue weighted by molar-refractivity contribution is 5.26. The van der Waals surface area contributed by atoms with Gasteiger partial charge in [0.1, 0.15) is 0 Å². The number of nitrogens with zero attached hydrogens (tertiary/aromatic N) is 1. The van der Waals surface area contributed by atoms with E-state index in [1.54, 1.807) is 7.11 Å².